The Kier molecular flexibility index (Phi) is 9.53. The fraction of sp³-hybridized carbons (Fsp3) is 0.533. The van der Waals surface area contributed by atoms with E-state index >= 15 is 0 Å². The second-order valence-corrected chi connectivity index (χ2v) is 4.54. The molecule has 0 radical (unpaired) electrons. The number of ether oxygens (including phenoxy) is 4. The Balaban J connectivity index is 2.07. The van der Waals surface area contributed by atoms with Crippen LogP contribution >= 0.6 is 0 Å². The van der Waals surface area contributed by atoms with Gasteiger partial charge in [-0.15, -0.1) is 0 Å². The minimum atomic E-state index is -0.488. The van der Waals surface area contributed by atoms with E-state index in [9.17, 15) is 14.9 Å². The highest BCUT2D eigenvalue weighted by Crippen LogP contribution is 2.12. The molecule has 1 aromatic rings. The van der Waals surface area contributed by atoms with Crippen molar-refractivity contribution in [2.45, 2.75) is 6.42 Å². The molecule has 0 unspecified atom stereocenters. The smallest absolute Gasteiger partial charge is 0.310 e. The van der Waals surface area contributed by atoms with Crippen molar-refractivity contribution >= 4 is 11.7 Å². The van der Waals surface area contributed by atoms with Crippen molar-refractivity contribution in [2.75, 3.05) is 46.8 Å². The monoisotopic (exact) mass is 327 g/mol. The van der Waals surface area contributed by atoms with E-state index in [-0.39, 0.29) is 18.7 Å². The fourth-order valence-electron chi connectivity index (χ4n) is 1.63. The first-order chi connectivity index (χ1) is 11.1. The molecule has 0 aromatic heterocycles. The molecule has 0 fully saturated rings. The Hall–Kier alpha value is -2.03. The summed E-state index contributed by atoms with van der Waals surface area (Å²) in [5.41, 5.74) is 0.649. The number of nitro benzene ring substituents is 1. The van der Waals surface area contributed by atoms with Crippen LogP contribution in [0, 0.1) is 10.1 Å². The zero-order chi connectivity index (χ0) is 16.9. The maximum atomic E-state index is 11.6. The summed E-state index contributed by atoms with van der Waals surface area (Å²) in [6.45, 7) is 2.39. The molecule has 8 heteroatoms. The number of hydrogen-bond acceptors (Lipinski definition) is 7. The van der Waals surface area contributed by atoms with Crippen LogP contribution in [0.5, 0.6) is 0 Å². The van der Waals surface area contributed by atoms with Crippen LogP contribution in [0.3, 0.4) is 0 Å². The van der Waals surface area contributed by atoms with Crippen LogP contribution < -0.4 is 0 Å². The second-order valence-electron chi connectivity index (χ2n) is 4.54. The van der Waals surface area contributed by atoms with Crippen molar-refractivity contribution in [3.63, 3.8) is 0 Å². The Morgan fingerprint density at radius 2 is 1.57 bits per heavy atom. The number of carbonyl (C=O) groups excluding carboxylic acids is 1. The molecule has 0 heterocycles. The molecule has 0 aliphatic carbocycles. The van der Waals surface area contributed by atoms with E-state index in [1.807, 2.05) is 0 Å². The lowest BCUT2D eigenvalue weighted by Crippen LogP contribution is -2.14. The molecule has 0 saturated heterocycles. The van der Waals surface area contributed by atoms with Crippen LogP contribution in [-0.2, 0) is 30.2 Å². The molecule has 0 aliphatic rings. The molecule has 128 valence electrons. The van der Waals surface area contributed by atoms with E-state index in [1.165, 1.54) is 24.3 Å². The summed E-state index contributed by atoms with van der Waals surface area (Å²) in [6.07, 6.45) is 0.0676. The lowest BCUT2D eigenvalue weighted by Gasteiger charge is -2.07. The highest BCUT2D eigenvalue weighted by molar-refractivity contribution is 5.72. The molecule has 0 saturated carbocycles. The number of hydrogen-bond donors (Lipinski definition) is 0. The highest BCUT2D eigenvalue weighted by Gasteiger charge is 2.08. The first-order valence-electron chi connectivity index (χ1n) is 7.17. The fourth-order valence-corrected chi connectivity index (χ4v) is 1.63. The van der Waals surface area contributed by atoms with Gasteiger partial charge in [0, 0.05) is 19.2 Å². The van der Waals surface area contributed by atoms with Gasteiger partial charge in [-0.1, -0.05) is 12.1 Å². The van der Waals surface area contributed by atoms with Gasteiger partial charge in [-0.3, -0.25) is 14.9 Å². The summed E-state index contributed by atoms with van der Waals surface area (Å²) in [7, 11) is 1.60. The SMILES string of the molecule is COCCOCCOCCOC(=O)Cc1ccc([N+](=O)[O-])cc1. The van der Waals surface area contributed by atoms with Crippen LogP contribution in [0.1, 0.15) is 5.56 Å². The highest BCUT2D eigenvalue weighted by atomic mass is 16.6. The van der Waals surface area contributed by atoms with Gasteiger partial charge in [0.2, 0.25) is 0 Å². The van der Waals surface area contributed by atoms with E-state index in [4.69, 9.17) is 18.9 Å². The van der Waals surface area contributed by atoms with Crippen LogP contribution in [-0.4, -0.2) is 57.6 Å². The quantitative estimate of drug-likeness (QED) is 0.247. The number of methoxy groups -OCH3 is 1. The van der Waals surface area contributed by atoms with Gasteiger partial charge in [-0.2, -0.15) is 0 Å². The molecule has 8 nitrogen and oxygen atoms in total. The van der Waals surface area contributed by atoms with Crippen molar-refractivity contribution in [1.29, 1.82) is 0 Å². The van der Waals surface area contributed by atoms with Gasteiger partial charge >= 0.3 is 5.97 Å². The molecule has 23 heavy (non-hydrogen) atoms. The Morgan fingerprint density at radius 1 is 1.00 bits per heavy atom. The van der Waals surface area contributed by atoms with Crippen LogP contribution in [0.2, 0.25) is 0 Å². The predicted molar refractivity (Wildman–Crippen MR) is 81.3 cm³/mol. The summed E-state index contributed by atoms with van der Waals surface area (Å²) in [5, 5.41) is 10.5. The topological polar surface area (TPSA) is 97.1 Å². The zero-order valence-electron chi connectivity index (χ0n) is 13.1. The third-order valence-corrected chi connectivity index (χ3v) is 2.79. The van der Waals surface area contributed by atoms with E-state index in [0.29, 0.717) is 38.6 Å². The first kappa shape index (κ1) is 19.0. The molecular formula is C15H21NO7. The molecule has 0 bridgehead atoms. The Labute approximate surface area is 134 Å². The molecule has 0 aliphatic heterocycles. The van der Waals surface area contributed by atoms with Crippen molar-refractivity contribution < 1.29 is 28.7 Å². The van der Waals surface area contributed by atoms with E-state index in [0.717, 1.165) is 0 Å². The summed E-state index contributed by atoms with van der Waals surface area (Å²) < 4.78 is 20.3. The number of nitrogens with zero attached hydrogens (tertiary/aromatic N) is 1. The van der Waals surface area contributed by atoms with Crippen LogP contribution in [0.15, 0.2) is 24.3 Å². The van der Waals surface area contributed by atoms with Gasteiger partial charge in [0.1, 0.15) is 6.61 Å². The molecule has 0 N–H and O–H groups in total. The van der Waals surface area contributed by atoms with Crippen molar-refractivity contribution in [2.24, 2.45) is 0 Å². The molecule has 1 rings (SSSR count). The standard InChI is InChI=1S/C15H21NO7/c1-20-6-7-21-8-9-22-10-11-23-15(17)12-13-2-4-14(5-3-13)16(18)19/h2-5H,6-12H2,1H3. The number of nitro groups is 1. The summed E-state index contributed by atoms with van der Waals surface area (Å²) in [6, 6.07) is 5.78. The molecular weight excluding hydrogens is 306 g/mol. The maximum Gasteiger partial charge on any atom is 0.310 e. The number of non-ortho nitro benzene ring substituents is 1. The first-order valence-corrected chi connectivity index (χ1v) is 7.17. The predicted octanol–water partition coefficient (Wildman–Crippen LogP) is 1.36. The Morgan fingerprint density at radius 3 is 2.13 bits per heavy atom. The summed E-state index contributed by atoms with van der Waals surface area (Å²) in [5.74, 6) is -0.404. The lowest BCUT2D eigenvalue weighted by molar-refractivity contribution is -0.384. The minimum absolute atomic E-state index is 0.0109. The normalized spacial score (nSPS) is 10.5. The average molecular weight is 327 g/mol. The van der Waals surface area contributed by atoms with E-state index in [1.54, 1.807) is 7.11 Å². The van der Waals surface area contributed by atoms with Crippen molar-refractivity contribution in [1.82, 2.24) is 0 Å². The minimum Gasteiger partial charge on any atom is -0.463 e. The van der Waals surface area contributed by atoms with E-state index in [2.05, 4.69) is 0 Å². The average Bonchev–Trinajstić information content (AvgIpc) is 2.54. The molecule has 0 atom stereocenters. The number of benzene rings is 1. The van der Waals surface area contributed by atoms with Gasteiger partial charge in [-0.25, -0.2) is 0 Å². The van der Waals surface area contributed by atoms with Gasteiger partial charge in [0.25, 0.3) is 5.69 Å². The lowest BCUT2D eigenvalue weighted by atomic mass is 10.1. The Bertz CT molecular complexity index is 475. The van der Waals surface area contributed by atoms with Gasteiger partial charge < -0.3 is 18.9 Å². The zero-order valence-corrected chi connectivity index (χ0v) is 13.1. The molecule has 1 aromatic carbocycles. The summed E-state index contributed by atoms with van der Waals surface area (Å²) in [4.78, 5) is 21.6. The van der Waals surface area contributed by atoms with Gasteiger partial charge in [0.15, 0.2) is 0 Å². The number of rotatable bonds is 12. The molecule has 0 amide bonds. The third kappa shape index (κ3) is 8.87. The number of carbonyl (C=O) groups is 1. The second kappa shape index (κ2) is 11.5. The number of esters is 1. The van der Waals surface area contributed by atoms with Crippen LogP contribution in [0.4, 0.5) is 5.69 Å². The maximum absolute atomic E-state index is 11.6. The largest absolute Gasteiger partial charge is 0.463 e. The van der Waals surface area contributed by atoms with Crippen molar-refractivity contribution in [3.05, 3.63) is 39.9 Å². The van der Waals surface area contributed by atoms with Crippen LogP contribution in [0.25, 0.3) is 0 Å². The van der Waals surface area contributed by atoms with Gasteiger partial charge in [-0.05, 0) is 5.56 Å². The van der Waals surface area contributed by atoms with Crippen molar-refractivity contribution in [3.8, 4) is 0 Å². The van der Waals surface area contributed by atoms with Gasteiger partial charge in [0.05, 0.1) is 44.4 Å². The summed E-state index contributed by atoms with van der Waals surface area (Å²) >= 11 is 0. The molecule has 0 spiro atoms. The third-order valence-electron chi connectivity index (χ3n) is 2.79. The van der Waals surface area contributed by atoms with E-state index < -0.39 is 10.9 Å².